The van der Waals surface area contributed by atoms with E-state index in [-0.39, 0.29) is 35.3 Å². The first-order valence-electron chi connectivity index (χ1n) is 10.6. The van der Waals surface area contributed by atoms with Gasteiger partial charge in [-0.2, -0.15) is 0 Å². The molecule has 174 valence electrons. The summed E-state index contributed by atoms with van der Waals surface area (Å²) in [5.74, 6) is -0.561. The molecular formula is C24H26FN3O4S. The molecule has 1 saturated heterocycles. The lowest BCUT2D eigenvalue weighted by molar-refractivity contribution is 0.0670. The fourth-order valence-corrected chi connectivity index (χ4v) is 5.62. The number of halogens is 1. The van der Waals surface area contributed by atoms with Crippen LogP contribution in [0.3, 0.4) is 0 Å². The lowest BCUT2D eigenvalue weighted by atomic mass is 10.1. The number of aromatic nitrogens is 1. The SMILES string of the molecule is Cc1ccc(-c2cc(C(=O)N(Cc3ccc(N(C)C)cc3)[C@H]3CCS(=O)(=O)C3)no2)cc1F. The van der Waals surface area contributed by atoms with Crippen molar-refractivity contribution in [3.8, 4) is 11.3 Å². The Morgan fingerprint density at radius 2 is 1.88 bits per heavy atom. The second kappa shape index (κ2) is 8.97. The zero-order chi connectivity index (χ0) is 23.8. The van der Waals surface area contributed by atoms with E-state index in [1.165, 1.54) is 12.1 Å². The van der Waals surface area contributed by atoms with E-state index in [2.05, 4.69) is 5.16 Å². The van der Waals surface area contributed by atoms with Crippen LogP contribution in [0.15, 0.2) is 53.1 Å². The first kappa shape index (κ1) is 23.0. The fourth-order valence-electron chi connectivity index (χ4n) is 3.89. The number of benzene rings is 2. The molecule has 1 aromatic heterocycles. The van der Waals surface area contributed by atoms with Crippen molar-refractivity contribution < 1.29 is 22.1 Å². The summed E-state index contributed by atoms with van der Waals surface area (Å²) in [5, 5.41) is 3.91. The van der Waals surface area contributed by atoms with Gasteiger partial charge in [-0.05, 0) is 42.7 Å². The summed E-state index contributed by atoms with van der Waals surface area (Å²) in [6, 6.07) is 13.4. The Kier molecular flexibility index (Phi) is 6.25. The number of rotatable bonds is 6. The molecule has 0 saturated carbocycles. The normalized spacial score (nSPS) is 17.2. The van der Waals surface area contributed by atoms with Crippen molar-refractivity contribution in [1.29, 1.82) is 0 Å². The molecule has 1 amide bonds. The van der Waals surface area contributed by atoms with Crippen molar-refractivity contribution in [3.05, 3.63) is 71.2 Å². The third-order valence-electron chi connectivity index (χ3n) is 5.90. The molecule has 1 aliphatic rings. The summed E-state index contributed by atoms with van der Waals surface area (Å²) >= 11 is 0. The fraction of sp³-hybridized carbons (Fsp3) is 0.333. The minimum Gasteiger partial charge on any atom is -0.378 e. The summed E-state index contributed by atoms with van der Waals surface area (Å²) in [7, 11) is 0.682. The Bertz CT molecular complexity index is 1270. The summed E-state index contributed by atoms with van der Waals surface area (Å²) in [4.78, 5) is 16.9. The molecule has 0 unspecified atom stereocenters. The maximum atomic E-state index is 14.0. The van der Waals surface area contributed by atoms with Crippen LogP contribution in [0.1, 0.15) is 28.0 Å². The van der Waals surface area contributed by atoms with E-state index in [0.717, 1.165) is 11.3 Å². The topological polar surface area (TPSA) is 83.7 Å². The van der Waals surface area contributed by atoms with Crippen LogP contribution < -0.4 is 4.90 Å². The van der Waals surface area contributed by atoms with Crippen LogP contribution >= 0.6 is 0 Å². The van der Waals surface area contributed by atoms with Crippen LogP contribution in [0.2, 0.25) is 0 Å². The molecule has 33 heavy (non-hydrogen) atoms. The molecule has 2 heterocycles. The lowest BCUT2D eigenvalue weighted by Crippen LogP contribution is -2.40. The number of carbonyl (C=O) groups is 1. The Labute approximate surface area is 192 Å². The standard InChI is InChI=1S/C24H26FN3O4S/c1-16-4-7-18(12-21(16)25)23-13-22(26-32-23)24(29)28(20-10-11-33(30,31)15-20)14-17-5-8-19(9-6-17)27(2)3/h4-9,12-13,20H,10-11,14-15H2,1-3H3/t20-/m0/s1. The van der Waals surface area contributed by atoms with Gasteiger partial charge in [0.2, 0.25) is 0 Å². The highest BCUT2D eigenvalue weighted by molar-refractivity contribution is 7.91. The van der Waals surface area contributed by atoms with Gasteiger partial charge in [0.1, 0.15) is 5.82 Å². The van der Waals surface area contributed by atoms with Gasteiger partial charge in [-0.25, -0.2) is 12.8 Å². The molecule has 0 N–H and O–H groups in total. The van der Waals surface area contributed by atoms with Gasteiger partial charge in [-0.1, -0.05) is 29.4 Å². The van der Waals surface area contributed by atoms with Gasteiger partial charge in [0.05, 0.1) is 11.5 Å². The van der Waals surface area contributed by atoms with Crippen molar-refractivity contribution in [2.75, 3.05) is 30.5 Å². The minimum absolute atomic E-state index is 0.0493. The number of hydrogen-bond donors (Lipinski definition) is 0. The van der Waals surface area contributed by atoms with Crippen LogP contribution in [0.25, 0.3) is 11.3 Å². The summed E-state index contributed by atoms with van der Waals surface area (Å²) in [5.41, 5.74) is 2.93. The molecule has 4 rings (SSSR count). The number of aryl methyl sites for hydroxylation is 1. The predicted molar refractivity (Wildman–Crippen MR) is 124 cm³/mol. The second-order valence-corrected chi connectivity index (χ2v) is 10.8. The van der Waals surface area contributed by atoms with E-state index in [0.29, 0.717) is 17.5 Å². The monoisotopic (exact) mass is 471 g/mol. The molecule has 7 nitrogen and oxygen atoms in total. The highest BCUT2D eigenvalue weighted by Gasteiger charge is 2.36. The van der Waals surface area contributed by atoms with Crippen molar-refractivity contribution in [1.82, 2.24) is 10.1 Å². The first-order chi connectivity index (χ1) is 15.6. The molecule has 0 aliphatic carbocycles. The second-order valence-electron chi connectivity index (χ2n) is 8.59. The Morgan fingerprint density at radius 1 is 1.15 bits per heavy atom. The zero-order valence-corrected chi connectivity index (χ0v) is 19.6. The predicted octanol–water partition coefficient (Wildman–Crippen LogP) is 3.68. The van der Waals surface area contributed by atoms with Crippen molar-refractivity contribution >= 4 is 21.4 Å². The summed E-state index contributed by atoms with van der Waals surface area (Å²) in [6.45, 7) is 1.90. The maximum absolute atomic E-state index is 14.0. The zero-order valence-electron chi connectivity index (χ0n) is 18.8. The van der Waals surface area contributed by atoms with Crippen molar-refractivity contribution in [2.45, 2.75) is 25.9 Å². The third kappa shape index (κ3) is 5.08. The van der Waals surface area contributed by atoms with Crippen LogP contribution in [0.4, 0.5) is 10.1 Å². The van der Waals surface area contributed by atoms with E-state index in [1.807, 2.05) is 43.3 Å². The highest BCUT2D eigenvalue weighted by atomic mass is 32.2. The number of amides is 1. The van der Waals surface area contributed by atoms with Gasteiger partial charge < -0.3 is 14.3 Å². The molecule has 1 aliphatic heterocycles. The van der Waals surface area contributed by atoms with Gasteiger partial charge in [-0.3, -0.25) is 4.79 Å². The Morgan fingerprint density at radius 3 is 2.48 bits per heavy atom. The average Bonchev–Trinajstić information content (AvgIpc) is 3.40. The maximum Gasteiger partial charge on any atom is 0.276 e. The summed E-state index contributed by atoms with van der Waals surface area (Å²) < 4.78 is 43.5. The minimum atomic E-state index is -3.20. The van der Waals surface area contributed by atoms with Crippen LogP contribution in [0, 0.1) is 12.7 Å². The lowest BCUT2D eigenvalue weighted by Gasteiger charge is -2.27. The third-order valence-corrected chi connectivity index (χ3v) is 7.65. The Hall–Kier alpha value is -3.20. The molecule has 2 aromatic carbocycles. The number of carbonyl (C=O) groups excluding carboxylic acids is 1. The van der Waals surface area contributed by atoms with Crippen molar-refractivity contribution in [2.24, 2.45) is 0 Å². The molecule has 0 bridgehead atoms. The average molecular weight is 472 g/mol. The molecule has 3 aromatic rings. The van der Waals surface area contributed by atoms with E-state index < -0.39 is 21.8 Å². The van der Waals surface area contributed by atoms with Crippen LogP contribution in [-0.2, 0) is 16.4 Å². The van der Waals surface area contributed by atoms with Gasteiger partial charge in [0.15, 0.2) is 21.3 Å². The van der Waals surface area contributed by atoms with Gasteiger partial charge in [0, 0.05) is 44.0 Å². The number of sulfone groups is 1. The van der Waals surface area contributed by atoms with Gasteiger partial charge >= 0.3 is 0 Å². The number of anilines is 1. The molecule has 9 heteroatoms. The van der Waals surface area contributed by atoms with Gasteiger partial charge in [0.25, 0.3) is 5.91 Å². The van der Waals surface area contributed by atoms with E-state index in [1.54, 1.807) is 24.0 Å². The molecule has 1 fully saturated rings. The van der Waals surface area contributed by atoms with Crippen LogP contribution in [0.5, 0.6) is 0 Å². The Balaban J connectivity index is 1.62. The largest absolute Gasteiger partial charge is 0.378 e. The van der Waals surface area contributed by atoms with E-state index >= 15 is 0 Å². The van der Waals surface area contributed by atoms with Crippen LogP contribution in [-0.4, -0.2) is 56.0 Å². The number of hydrogen-bond acceptors (Lipinski definition) is 6. The van der Waals surface area contributed by atoms with E-state index in [9.17, 15) is 17.6 Å². The van der Waals surface area contributed by atoms with Crippen molar-refractivity contribution in [3.63, 3.8) is 0 Å². The molecule has 1 atom stereocenters. The highest BCUT2D eigenvalue weighted by Crippen LogP contribution is 2.26. The summed E-state index contributed by atoms with van der Waals surface area (Å²) in [6.07, 6.45) is 0.373. The molecule has 0 spiro atoms. The van der Waals surface area contributed by atoms with E-state index in [4.69, 9.17) is 4.52 Å². The first-order valence-corrected chi connectivity index (χ1v) is 12.5. The van der Waals surface area contributed by atoms with Gasteiger partial charge in [-0.15, -0.1) is 0 Å². The molecule has 0 radical (unpaired) electrons. The number of nitrogens with zero attached hydrogens (tertiary/aromatic N) is 3. The smallest absolute Gasteiger partial charge is 0.276 e. The molecular weight excluding hydrogens is 445 g/mol. The quantitative estimate of drug-likeness (QED) is 0.545.